The van der Waals surface area contributed by atoms with Crippen molar-refractivity contribution in [3.63, 3.8) is 0 Å². The smallest absolute Gasteiger partial charge is 0.243 e. The van der Waals surface area contributed by atoms with Crippen molar-refractivity contribution in [3.8, 4) is 0 Å². The lowest BCUT2D eigenvalue weighted by molar-refractivity contribution is -0.116. The van der Waals surface area contributed by atoms with Gasteiger partial charge in [-0.15, -0.1) is 11.8 Å². The molecule has 3 aromatic carbocycles. The first kappa shape index (κ1) is 24.3. The summed E-state index contributed by atoms with van der Waals surface area (Å²) >= 11 is 7.58. The van der Waals surface area contributed by atoms with E-state index in [1.807, 2.05) is 25.3 Å². The van der Waals surface area contributed by atoms with Crippen LogP contribution in [0.5, 0.6) is 0 Å². The fourth-order valence-electron chi connectivity index (χ4n) is 3.04. The monoisotopic (exact) mass is 492 g/mol. The maximum absolute atomic E-state index is 14.4. The summed E-state index contributed by atoms with van der Waals surface area (Å²) in [5, 5.41) is 2.83. The number of anilines is 1. The summed E-state index contributed by atoms with van der Waals surface area (Å²) in [6, 6.07) is 17.6. The van der Waals surface area contributed by atoms with Gasteiger partial charge in [-0.2, -0.15) is 4.31 Å². The molecule has 1 amide bonds. The van der Waals surface area contributed by atoms with Gasteiger partial charge in [-0.25, -0.2) is 12.8 Å². The van der Waals surface area contributed by atoms with E-state index < -0.39 is 28.3 Å². The highest BCUT2D eigenvalue weighted by Crippen LogP contribution is 2.27. The van der Waals surface area contributed by atoms with Gasteiger partial charge in [0.05, 0.1) is 17.1 Å². The van der Waals surface area contributed by atoms with Crippen molar-refractivity contribution >= 4 is 45.0 Å². The van der Waals surface area contributed by atoms with Crippen LogP contribution in [0, 0.1) is 12.7 Å². The van der Waals surface area contributed by atoms with Crippen LogP contribution in [0.15, 0.2) is 76.5 Å². The Morgan fingerprint density at radius 3 is 2.41 bits per heavy atom. The van der Waals surface area contributed by atoms with Crippen molar-refractivity contribution in [2.45, 2.75) is 23.3 Å². The second kappa shape index (κ2) is 10.5. The lowest BCUT2D eigenvalue weighted by Gasteiger charge is -2.23. The SMILES string of the molecule is CSc1ccccc1NC(=O)CN(Cc1c(F)cccc1Cl)S(=O)(=O)c1ccc(C)cc1. The summed E-state index contributed by atoms with van der Waals surface area (Å²) in [7, 11) is -4.11. The number of para-hydroxylation sites is 1. The number of carbonyl (C=O) groups excluding carboxylic acids is 1. The van der Waals surface area contributed by atoms with Crippen molar-refractivity contribution in [3.05, 3.63) is 88.7 Å². The number of carbonyl (C=O) groups is 1. The lowest BCUT2D eigenvalue weighted by Crippen LogP contribution is -2.38. The molecule has 9 heteroatoms. The number of aryl methyl sites for hydroxylation is 1. The summed E-state index contributed by atoms with van der Waals surface area (Å²) < 4.78 is 42.1. The van der Waals surface area contributed by atoms with Gasteiger partial charge in [0.15, 0.2) is 0 Å². The zero-order chi connectivity index (χ0) is 23.3. The highest BCUT2D eigenvalue weighted by atomic mass is 35.5. The number of rotatable bonds is 8. The topological polar surface area (TPSA) is 66.5 Å². The van der Waals surface area contributed by atoms with Crippen LogP contribution in [0.4, 0.5) is 10.1 Å². The Balaban J connectivity index is 1.94. The van der Waals surface area contributed by atoms with E-state index in [0.29, 0.717) is 5.69 Å². The van der Waals surface area contributed by atoms with Crippen molar-refractivity contribution < 1.29 is 17.6 Å². The molecule has 0 aliphatic heterocycles. The van der Waals surface area contributed by atoms with E-state index in [1.54, 1.807) is 24.3 Å². The van der Waals surface area contributed by atoms with Crippen molar-refractivity contribution in [1.82, 2.24) is 4.31 Å². The number of benzene rings is 3. The molecule has 32 heavy (non-hydrogen) atoms. The predicted molar refractivity (Wildman–Crippen MR) is 127 cm³/mol. The van der Waals surface area contributed by atoms with Gasteiger partial charge in [0.25, 0.3) is 0 Å². The molecule has 0 fully saturated rings. The first-order valence-electron chi connectivity index (χ1n) is 9.65. The maximum Gasteiger partial charge on any atom is 0.243 e. The predicted octanol–water partition coefficient (Wildman–Crippen LogP) is 5.34. The van der Waals surface area contributed by atoms with Crippen LogP contribution < -0.4 is 5.32 Å². The summed E-state index contributed by atoms with van der Waals surface area (Å²) in [5.74, 6) is -1.19. The average molecular weight is 493 g/mol. The van der Waals surface area contributed by atoms with E-state index in [2.05, 4.69) is 5.32 Å². The minimum atomic E-state index is -4.11. The van der Waals surface area contributed by atoms with Gasteiger partial charge >= 0.3 is 0 Å². The largest absolute Gasteiger partial charge is 0.324 e. The minimum Gasteiger partial charge on any atom is -0.324 e. The van der Waals surface area contributed by atoms with Crippen LogP contribution in [-0.2, 0) is 21.4 Å². The normalized spacial score (nSPS) is 11.5. The number of halogens is 2. The van der Waals surface area contributed by atoms with Crippen LogP contribution in [-0.4, -0.2) is 31.4 Å². The number of thioether (sulfide) groups is 1. The number of amides is 1. The molecule has 3 aromatic rings. The molecule has 0 aliphatic rings. The molecule has 0 aliphatic carbocycles. The van der Waals surface area contributed by atoms with E-state index in [4.69, 9.17) is 11.6 Å². The highest BCUT2D eigenvalue weighted by molar-refractivity contribution is 7.98. The van der Waals surface area contributed by atoms with Crippen LogP contribution in [0.1, 0.15) is 11.1 Å². The molecule has 0 spiro atoms. The molecular weight excluding hydrogens is 471 g/mol. The number of nitrogens with one attached hydrogen (secondary N) is 1. The van der Waals surface area contributed by atoms with E-state index in [0.717, 1.165) is 14.8 Å². The van der Waals surface area contributed by atoms with Crippen LogP contribution in [0.2, 0.25) is 5.02 Å². The molecule has 0 heterocycles. The fourth-order valence-corrected chi connectivity index (χ4v) is 5.18. The first-order chi connectivity index (χ1) is 15.2. The Labute approximate surface area is 196 Å². The molecule has 0 atom stereocenters. The number of nitrogens with zero attached hydrogens (tertiary/aromatic N) is 1. The van der Waals surface area contributed by atoms with Gasteiger partial charge in [0.2, 0.25) is 15.9 Å². The van der Waals surface area contributed by atoms with Gasteiger partial charge in [-0.05, 0) is 49.6 Å². The molecule has 0 aromatic heterocycles. The highest BCUT2D eigenvalue weighted by Gasteiger charge is 2.28. The minimum absolute atomic E-state index is 0.00201. The quantitative estimate of drug-likeness (QED) is 0.431. The van der Waals surface area contributed by atoms with Crippen molar-refractivity contribution in [2.75, 3.05) is 18.1 Å². The van der Waals surface area contributed by atoms with Gasteiger partial charge in [0, 0.05) is 22.0 Å². The van der Waals surface area contributed by atoms with E-state index >= 15 is 0 Å². The second-order valence-electron chi connectivity index (χ2n) is 7.03. The van der Waals surface area contributed by atoms with Crippen LogP contribution >= 0.6 is 23.4 Å². The standard InChI is InChI=1S/C23H22ClFN2O3S2/c1-16-10-12-17(13-11-16)32(29,30)27(14-18-19(24)6-5-7-20(18)25)15-23(28)26-21-8-3-4-9-22(21)31-2/h3-13H,14-15H2,1-2H3,(H,26,28). The number of hydrogen-bond acceptors (Lipinski definition) is 4. The molecule has 3 rings (SSSR count). The maximum atomic E-state index is 14.4. The average Bonchev–Trinajstić information content (AvgIpc) is 2.76. The molecule has 1 N–H and O–H groups in total. The molecule has 0 unspecified atom stereocenters. The summed E-state index contributed by atoms with van der Waals surface area (Å²) in [4.78, 5) is 13.7. The Morgan fingerprint density at radius 2 is 1.75 bits per heavy atom. The second-order valence-corrected chi connectivity index (χ2v) is 10.2. The molecule has 0 saturated heterocycles. The van der Waals surface area contributed by atoms with Crippen LogP contribution in [0.3, 0.4) is 0 Å². The van der Waals surface area contributed by atoms with Crippen molar-refractivity contribution in [1.29, 1.82) is 0 Å². The molecular formula is C23H22ClFN2O3S2. The van der Waals surface area contributed by atoms with Crippen molar-refractivity contribution in [2.24, 2.45) is 0 Å². The van der Waals surface area contributed by atoms with Gasteiger partial charge in [0.1, 0.15) is 5.82 Å². The Bertz CT molecular complexity index is 1200. The first-order valence-corrected chi connectivity index (χ1v) is 12.7. The van der Waals surface area contributed by atoms with E-state index in [1.165, 1.54) is 42.1 Å². The van der Waals surface area contributed by atoms with Gasteiger partial charge in [-0.3, -0.25) is 4.79 Å². The summed E-state index contributed by atoms with van der Waals surface area (Å²) in [6.07, 6.45) is 1.87. The number of hydrogen-bond donors (Lipinski definition) is 1. The third kappa shape index (κ3) is 5.69. The fraction of sp³-hybridized carbons (Fsp3) is 0.174. The number of sulfonamides is 1. The Morgan fingerprint density at radius 1 is 1.06 bits per heavy atom. The third-order valence-corrected chi connectivity index (χ3v) is 7.71. The zero-order valence-electron chi connectivity index (χ0n) is 17.5. The molecule has 0 saturated carbocycles. The third-order valence-electron chi connectivity index (χ3n) is 4.76. The molecule has 5 nitrogen and oxygen atoms in total. The molecule has 168 valence electrons. The van der Waals surface area contributed by atoms with E-state index in [9.17, 15) is 17.6 Å². The van der Waals surface area contributed by atoms with E-state index in [-0.39, 0.29) is 22.0 Å². The summed E-state index contributed by atoms with van der Waals surface area (Å²) in [5.41, 5.74) is 1.46. The van der Waals surface area contributed by atoms with Gasteiger partial charge in [-0.1, -0.05) is 47.5 Å². The summed E-state index contributed by atoms with van der Waals surface area (Å²) in [6.45, 7) is 0.937. The molecule has 0 radical (unpaired) electrons. The Kier molecular flexibility index (Phi) is 7.95. The van der Waals surface area contributed by atoms with Crippen LogP contribution in [0.25, 0.3) is 0 Å². The van der Waals surface area contributed by atoms with Gasteiger partial charge < -0.3 is 5.32 Å². The zero-order valence-corrected chi connectivity index (χ0v) is 19.9. The molecule has 0 bridgehead atoms. The lowest BCUT2D eigenvalue weighted by atomic mass is 10.2. The Hall–Kier alpha value is -2.39.